The smallest absolute Gasteiger partial charge is 0.266 e. The van der Waals surface area contributed by atoms with Crippen molar-refractivity contribution in [2.45, 2.75) is 25.3 Å². The Morgan fingerprint density at radius 2 is 1.90 bits per heavy atom. The average Bonchev–Trinajstić information content (AvgIpc) is 3.06. The van der Waals surface area contributed by atoms with E-state index in [2.05, 4.69) is 15.4 Å². The second kappa shape index (κ2) is 9.14. The van der Waals surface area contributed by atoms with Gasteiger partial charge in [-0.15, -0.1) is 11.3 Å². The molecule has 10 heteroatoms. The Labute approximate surface area is 177 Å². The largest absolute Gasteiger partial charge is 0.351 e. The third-order valence-corrected chi connectivity index (χ3v) is 6.61. The maximum atomic E-state index is 12.2. The van der Waals surface area contributed by atoms with Crippen LogP contribution in [0.15, 0.2) is 63.6 Å². The monoisotopic (exact) mass is 444 g/mol. The number of nitrogens with zero attached hydrogens (tertiary/aromatic N) is 3. The highest BCUT2D eigenvalue weighted by molar-refractivity contribution is 7.94. The van der Waals surface area contributed by atoms with Gasteiger partial charge in [0.15, 0.2) is 9.84 Å². The van der Waals surface area contributed by atoms with E-state index in [0.29, 0.717) is 5.69 Å². The van der Waals surface area contributed by atoms with Gasteiger partial charge in [0.1, 0.15) is 5.69 Å². The van der Waals surface area contributed by atoms with Gasteiger partial charge in [-0.2, -0.15) is 5.10 Å². The highest BCUT2D eigenvalue weighted by Crippen LogP contribution is 2.27. The number of hydrogen-bond donors (Lipinski definition) is 1. The van der Waals surface area contributed by atoms with Crippen molar-refractivity contribution in [1.29, 1.82) is 0 Å². The molecular weight excluding hydrogens is 424 g/mol. The molecule has 8 nitrogen and oxygen atoms in total. The van der Waals surface area contributed by atoms with Crippen molar-refractivity contribution < 1.29 is 13.2 Å². The van der Waals surface area contributed by atoms with Gasteiger partial charge in [-0.1, -0.05) is 18.2 Å². The fourth-order valence-electron chi connectivity index (χ4n) is 2.68. The van der Waals surface area contributed by atoms with E-state index in [9.17, 15) is 18.0 Å². The molecule has 2 aromatic heterocycles. The van der Waals surface area contributed by atoms with Crippen molar-refractivity contribution >= 4 is 27.1 Å². The predicted molar refractivity (Wildman–Crippen MR) is 115 cm³/mol. The molecule has 0 bridgehead atoms. The quantitative estimate of drug-likeness (QED) is 0.559. The second-order valence-corrected chi connectivity index (χ2v) is 9.42. The Morgan fingerprint density at radius 3 is 2.57 bits per heavy atom. The molecule has 0 radical (unpaired) electrons. The van der Waals surface area contributed by atoms with Crippen molar-refractivity contribution in [3.63, 3.8) is 0 Å². The molecule has 156 valence electrons. The van der Waals surface area contributed by atoms with Gasteiger partial charge >= 0.3 is 0 Å². The number of aryl methyl sites for hydroxylation is 2. The molecule has 0 saturated carbocycles. The lowest BCUT2D eigenvalue weighted by Gasteiger charge is -2.07. The minimum Gasteiger partial charge on any atom is -0.351 e. The van der Waals surface area contributed by atoms with Crippen molar-refractivity contribution in [3.8, 4) is 10.6 Å². The first kappa shape index (κ1) is 21.6. The predicted octanol–water partition coefficient (Wildman–Crippen LogP) is 2.09. The molecule has 0 saturated heterocycles. The van der Waals surface area contributed by atoms with Crippen LogP contribution >= 0.6 is 11.3 Å². The minimum atomic E-state index is -3.69. The van der Waals surface area contributed by atoms with Gasteiger partial charge in [0.25, 0.3) is 5.56 Å². The molecule has 0 aliphatic carbocycles. The highest BCUT2D eigenvalue weighted by Gasteiger charge is 2.12. The number of carbonyl (C=O) groups is 1. The number of nitrogens with one attached hydrogen (secondary N) is 1. The summed E-state index contributed by atoms with van der Waals surface area (Å²) in [5.41, 5.74) is 1.18. The number of amides is 1. The van der Waals surface area contributed by atoms with Crippen LogP contribution in [0.1, 0.15) is 10.7 Å². The summed E-state index contributed by atoms with van der Waals surface area (Å²) >= 11 is 1.49. The van der Waals surface area contributed by atoms with E-state index >= 15 is 0 Å². The van der Waals surface area contributed by atoms with E-state index < -0.39 is 15.7 Å². The number of aromatic nitrogens is 3. The zero-order chi connectivity index (χ0) is 21.7. The Bertz CT molecular complexity index is 1250. The van der Waals surface area contributed by atoms with Gasteiger partial charge in [-0.05, 0) is 32.0 Å². The molecule has 0 aliphatic heterocycles. The van der Waals surface area contributed by atoms with Crippen molar-refractivity contribution in [1.82, 2.24) is 20.1 Å². The normalized spacial score (nSPS) is 11.7. The number of sulfone groups is 1. The topological polar surface area (TPSA) is 111 Å². The van der Waals surface area contributed by atoms with E-state index in [1.165, 1.54) is 34.2 Å². The standard InChI is InChI=1S/C20H20N4O4S2/c1-14-20(29-15(2)22-14)17-8-9-19(26)24(23-17)12-11-21-18(25)10-13-30(27,28)16-6-4-3-5-7-16/h3-10,13H,11-12H2,1-2H3,(H,21,25). The number of thiazole rings is 1. The van der Waals surface area contributed by atoms with Gasteiger partial charge in [0.05, 0.1) is 27.0 Å². The molecule has 2 heterocycles. The summed E-state index contributed by atoms with van der Waals surface area (Å²) in [6.07, 6.45) is 0.957. The summed E-state index contributed by atoms with van der Waals surface area (Å²) in [4.78, 5) is 29.4. The molecule has 0 aliphatic rings. The summed E-state index contributed by atoms with van der Waals surface area (Å²) < 4.78 is 25.6. The Balaban J connectivity index is 1.62. The lowest BCUT2D eigenvalue weighted by molar-refractivity contribution is -0.116. The van der Waals surface area contributed by atoms with Crippen LogP contribution in [0.25, 0.3) is 10.6 Å². The summed E-state index contributed by atoms with van der Waals surface area (Å²) in [5.74, 6) is -0.576. The maximum absolute atomic E-state index is 12.2. The molecular formula is C20H20N4O4S2. The third-order valence-electron chi connectivity index (χ3n) is 4.10. The fourth-order valence-corrected chi connectivity index (χ4v) is 4.56. The van der Waals surface area contributed by atoms with E-state index in [-0.39, 0.29) is 23.5 Å². The third kappa shape index (κ3) is 5.28. The average molecular weight is 445 g/mol. The Hall–Kier alpha value is -3.11. The molecule has 1 aromatic carbocycles. The maximum Gasteiger partial charge on any atom is 0.266 e. The van der Waals surface area contributed by atoms with E-state index in [0.717, 1.165) is 27.1 Å². The zero-order valence-electron chi connectivity index (χ0n) is 16.4. The van der Waals surface area contributed by atoms with Crippen LogP contribution in [0.3, 0.4) is 0 Å². The zero-order valence-corrected chi connectivity index (χ0v) is 18.0. The Kier molecular flexibility index (Phi) is 6.58. The van der Waals surface area contributed by atoms with Crippen molar-refractivity contribution in [3.05, 3.63) is 75.0 Å². The lowest BCUT2D eigenvalue weighted by Crippen LogP contribution is -2.31. The van der Waals surface area contributed by atoms with Gasteiger partial charge in [0, 0.05) is 24.1 Å². The molecule has 1 amide bonds. The summed E-state index contributed by atoms with van der Waals surface area (Å²) in [5, 5.41) is 8.67. The SMILES string of the molecule is Cc1nc(C)c(-c2ccc(=O)n(CCNC(=O)C=CS(=O)(=O)c3ccccc3)n2)s1. The number of rotatable bonds is 7. The number of hydrogen-bond acceptors (Lipinski definition) is 7. The van der Waals surface area contributed by atoms with Gasteiger partial charge < -0.3 is 5.32 Å². The highest BCUT2D eigenvalue weighted by atomic mass is 32.2. The summed E-state index contributed by atoms with van der Waals surface area (Å²) in [7, 11) is -3.69. The first-order valence-corrected chi connectivity index (χ1v) is 11.4. The van der Waals surface area contributed by atoms with Gasteiger partial charge in [-0.3, -0.25) is 9.59 Å². The van der Waals surface area contributed by atoms with Crippen LogP contribution in [0, 0.1) is 13.8 Å². The molecule has 0 spiro atoms. The molecule has 0 unspecified atom stereocenters. The van der Waals surface area contributed by atoms with Gasteiger partial charge in [0.2, 0.25) is 5.91 Å². The molecule has 3 rings (SSSR count). The molecule has 0 atom stereocenters. The fraction of sp³-hybridized carbons (Fsp3) is 0.200. The van der Waals surface area contributed by atoms with Crippen molar-refractivity contribution in [2.75, 3.05) is 6.54 Å². The Morgan fingerprint density at radius 1 is 1.17 bits per heavy atom. The number of benzene rings is 1. The van der Waals surface area contributed by atoms with Crippen LogP contribution in [0.4, 0.5) is 0 Å². The first-order valence-electron chi connectivity index (χ1n) is 9.05. The number of carbonyl (C=O) groups excluding carboxylic acids is 1. The van der Waals surface area contributed by atoms with Crippen LogP contribution < -0.4 is 10.9 Å². The molecule has 3 aromatic rings. The lowest BCUT2D eigenvalue weighted by atomic mass is 10.3. The molecule has 0 fully saturated rings. The summed E-state index contributed by atoms with van der Waals surface area (Å²) in [6, 6.07) is 10.9. The second-order valence-electron chi connectivity index (χ2n) is 6.38. The van der Waals surface area contributed by atoms with Crippen LogP contribution in [-0.2, 0) is 21.2 Å². The van der Waals surface area contributed by atoms with Gasteiger partial charge in [-0.25, -0.2) is 18.1 Å². The van der Waals surface area contributed by atoms with E-state index in [1.54, 1.807) is 24.3 Å². The van der Waals surface area contributed by atoms with Crippen LogP contribution in [0.2, 0.25) is 0 Å². The molecule has 1 N–H and O–H groups in total. The van der Waals surface area contributed by atoms with Crippen LogP contribution in [0.5, 0.6) is 0 Å². The van der Waals surface area contributed by atoms with Crippen LogP contribution in [-0.4, -0.2) is 35.6 Å². The molecule has 30 heavy (non-hydrogen) atoms. The van der Waals surface area contributed by atoms with E-state index in [4.69, 9.17) is 0 Å². The summed E-state index contributed by atoms with van der Waals surface area (Å²) in [6.45, 7) is 4.05. The first-order chi connectivity index (χ1) is 14.3. The minimum absolute atomic E-state index is 0.107. The van der Waals surface area contributed by atoms with Crippen molar-refractivity contribution in [2.24, 2.45) is 0 Å². The van der Waals surface area contributed by atoms with E-state index in [1.807, 2.05) is 13.8 Å².